The molecule has 182 valence electrons. The molecule has 4 rings (SSSR count). The summed E-state index contributed by atoms with van der Waals surface area (Å²) in [5.41, 5.74) is 2.04. The van der Waals surface area contributed by atoms with E-state index in [1.165, 1.54) is 31.6 Å². The van der Waals surface area contributed by atoms with Crippen molar-refractivity contribution in [2.45, 2.75) is 63.3 Å². The Morgan fingerprint density at radius 3 is 2.44 bits per heavy atom. The van der Waals surface area contributed by atoms with E-state index in [0.717, 1.165) is 28.3 Å². The molecule has 0 spiro atoms. The Morgan fingerprint density at radius 1 is 1.06 bits per heavy atom. The molecule has 34 heavy (non-hydrogen) atoms. The number of benzene rings is 2. The second-order valence-corrected chi connectivity index (χ2v) is 11.2. The molecule has 0 radical (unpaired) electrons. The van der Waals surface area contributed by atoms with E-state index in [9.17, 15) is 13.2 Å². The molecule has 8 heteroatoms. The predicted octanol–water partition coefficient (Wildman–Crippen LogP) is 6.61. The maximum absolute atomic E-state index is 12.5. The SMILES string of the molecule is CC.CS(=O)(=O)c1cc(NC(=O)NCc2ccccc2)ccc1-c1cnc(C2CCCCC2)s1. The molecular formula is C26H33N3O3S2. The van der Waals surface area contributed by atoms with E-state index in [1.54, 1.807) is 29.7 Å². The van der Waals surface area contributed by atoms with Crippen molar-refractivity contribution in [1.29, 1.82) is 0 Å². The smallest absolute Gasteiger partial charge is 0.319 e. The maximum atomic E-state index is 12.5. The van der Waals surface area contributed by atoms with Gasteiger partial charge in [0.25, 0.3) is 0 Å². The predicted molar refractivity (Wildman–Crippen MR) is 140 cm³/mol. The molecule has 1 aromatic heterocycles. The number of aromatic nitrogens is 1. The number of sulfone groups is 1. The number of nitrogens with zero attached hydrogens (tertiary/aromatic N) is 1. The average molecular weight is 500 g/mol. The van der Waals surface area contributed by atoms with E-state index < -0.39 is 15.9 Å². The van der Waals surface area contributed by atoms with Gasteiger partial charge in [-0.15, -0.1) is 11.3 Å². The highest BCUT2D eigenvalue weighted by atomic mass is 32.2. The Bertz CT molecular complexity index is 1190. The van der Waals surface area contributed by atoms with Crippen molar-refractivity contribution in [3.63, 3.8) is 0 Å². The van der Waals surface area contributed by atoms with Crippen molar-refractivity contribution in [1.82, 2.24) is 10.3 Å². The minimum Gasteiger partial charge on any atom is -0.334 e. The highest BCUT2D eigenvalue weighted by Crippen LogP contribution is 2.39. The van der Waals surface area contributed by atoms with Gasteiger partial charge < -0.3 is 10.6 Å². The first-order valence-electron chi connectivity index (χ1n) is 11.8. The highest BCUT2D eigenvalue weighted by Gasteiger charge is 2.22. The average Bonchev–Trinajstić information content (AvgIpc) is 3.35. The van der Waals surface area contributed by atoms with Crippen LogP contribution in [0.4, 0.5) is 10.5 Å². The minimum absolute atomic E-state index is 0.192. The molecule has 2 amide bonds. The molecule has 0 unspecified atom stereocenters. The fourth-order valence-corrected chi connectivity index (χ4v) is 6.12. The molecule has 0 saturated heterocycles. The number of amides is 2. The first kappa shape index (κ1) is 25.9. The van der Waals surface area contributed by atoms with Crippen LogP contribution in [0.5, 0.6) is 0 Å². The first-order chi connectivity index (χ1) is 16.4. The third kappa shape index (κ3) is 6.90. The minimum atomic E-state index is -3.50. The van der Waals surface area contributed by atoms with Crippen molar-refractivity contribution >= 4 is 32.9 Å². The van der Waals surface area contributed by atoms with Gasteiger partial charge in [0, 0.05) is 36.2 Å². The lowest BCUT2D eigenvalue weighted by molar-refractivity contribution is 0.251. The molecule has 0 aliphatic heterocycles. The number of nitrogens with one attached hydrogen (secondary N) is 2. The largest absolute Gasteiger partial charge is 0.334 e. The lowest BCUT2D eigenvalue weighted by atomic mass is 9.90. The molecule has 1 fully saturated rings. The zero-order valence-corrected chi connectivity index (χ0v) is 21.6. The zero-order valence-electron chi connectivity index (χ0n) is 20.0. The standard InChI is InChI=1S/C24H27N3O3S2.C2H6/c1-32(29,30)22-14-19(27-24(28)26-15-17-8-4-2-5-9-17)12-13-20(22)21-16-25-23(31-21)18-10-6-3-7-11-18;1-2/h2,4-5,8-9,12-14,16,18H,3,6-7,10-11,15H2,1H3,(H2,26,27,28);1-2H3. The lowest BCUT2D eigenvalue weighted by Crippen LogP contribution is -2.28. The quantitative estimate of drug-likeness (QED) is 0.399. The molecule has 2 N–H and O–H groups in total. The molecule has 0 atom stereocenters. The molecule has 1 saturated carbocycles. The molecule has 6 nitrogen and oxygen atoms in total. The normalized spacial score (nSPS) is 14.1. The summed E-state index contributed by atoms with van der Waals surface area (Å²) in [6.07, 6.45) is 8.98. The van der Waals surface area contributed by atoms with Crippen molar-refractivity contribution < 1.29 is 13.2 Å². The number of hydrogen-bond acceptors (Lipinski definition) is 5. The highest BCUT2D eigenvalue weighted by molar-refractivity contribution is 7.90. The van der Waals surface area contributed by atoms with Gasteiger partial charge in [-0.1, -0.05) is 69.5 Å². The molecular weight excluding hydrogens is 466 g/mol. The summed E-state index contributed by atoms with van der Waals surface area (Å²) in [5.74, 6) is 0.471. The Morgan fingerprint density at radius 2 is 1.76 bits per heavy atom. The van der Waals surface area contributed by atoms with E-state index in [4.69, 9.17) is 0 Å². The van der Waals surface area contributed by atoms with Crippen molar-refractivity contribution in [2.24, 2.45) is 0 Å². The third-order valence-electron chi connectivity index (χ3n) is 5.68. The van der Waals surface area contributed by atoms with Gasteiger partial charge in [-0.05, 0) is 30.5 Å². The van der Waals surface area contributed by atoms with Gasteiger partial charge in [0.1, 0.15) is 0 Å². The summed E-state index contributed by atoms with van der Waals surface area (Å²) in [7, 11) is -3.50. The molecule has 2 aromatic carbocycles. The van der Waals surface area contributed by atoms with Crippen LogP contribution in [0.25, 0.3) is 10.4 Å². The molecule has 1 heterocycles. The number of urea groups is 1. The van der Waals surface area contributed by atoms with Crippen LogP contribution in [0.1, 0.15) is 62.4 Å². The summed E-state index contributed by atoms with van der Waals surface area (Å²) in [6, 6.07) is 14.2. The van der Waals surface area contributed by atoms with Crippen LogP contribution in [0.3, 0.4) is 0 Å². The Kier molecular flexibility index (Phi) is 9.24. The van der Waals surface area contributed by atoms with E-state index in [-0.39, 0.29) is 4.90 Å². The fourth-order valence-electron chi connectivity index (χ4n) is 4.01. The number of thiazole rings is 1. The second kappa shape index (κ2) is 12.1. The Balaban J connectivity index is 0.00000158. The van der Waals surface area contributed by atoms with Crippen LogP contribution in [0, 0.1) is 0 Å². The molecule has 0 bridgehead atoms. The number of carbonyl (C=O) groups is 1. The summed E-state index contributed by atoms with van der Waals surface area (Å²) in [5, 5.41) is 6.60. The summed E-state index contributed by atoms with van der Waals surface area (Å²) in [4.78, 5) is 17.9. The van der Waals surface area contributed by atoms with Gasteiger partial charge in [0.15, 0.2) is 9.84 Å². The Labute approximate surface area is 206 Å². The van der Waals surface area contributed by atoms with Gasteiger partial charge in [-0.3, -0.25) is 0 Å². The fraction of sp³-hybridized carbons (Fsp3) is 0.385. The van der Waals surface area contributed by atoms with Gasteiger partial charge in [-0.2, -0.15) is 0 Å². The number of anilines is 1. The van der Waals surface area contributed by atoms with Crippen LogP contribution < -0.4 is 10.6 Å². The third-order valence-corrected chi connectivity index (χ3v) is 8.01. The summed E-state index contributed by atoms with van der Waals surface area (Å²) in [6.45, 7) is 4.38. The molecule has 3 aromatic rings. The van der Waals surface area contributed by atoms with Crippen LogP contribution in [-0.4, -0.2) is 25.7 Å². The first-order valence-corrected chi connectivity index (χ1v) is 14.5. The van der Waals surface area contributed by atoms with E-state index in [1.807, 2.05) is 44.2 Å². The topological polar surface area (TPSA) is 88.2 Å². The lowest BCUT2D eigenvalue weighted by Gasteiger charge is -2.18. The van der Waals surface area contributed by atoms with Crippen molar-refractivity contribution in [2.75, 3.05) is 11.6 Å². The maximum Gasteiger partial charge on any atom is 0.319 e. The van der Waals surface area contributed by atoms with Gasteiger partial charge >= 0.3 is 6.03 Å². The monoisotopic (exact) mass is 499 g/mol. The van der Waals surface area contributed by atoms with Gasteiger partial charge in [0.2, 0.25) is 0 Å². The van der Waals surface area contributed by atoms with Crippen LogP contribution in [0.2, 0.25) is 0 Å². The van der Waals surface area contributed by atoms with Crippen molar-refractivity contribution in [3.05, 3.63) is 65.3 Å². The zero-order chi connectivity index (χ0) is 24.6. The van der Waals surface area contributed by atoms with Crippen molar-refractivity contribution in [3.8, 4) is 10.4 Å². The summed E-state index contributed by atoms with van der Waals surface area (Å²) < 4.78 is 25.1. The summed E-state index contributed by atoms with van der Waals surface area (Å²) >= 11 is 1.57. The van der Waals surface area contributed by atoms with E-state index in [0.29, 0.717) is 23.7 Å². The number of hydrogen-bond donors (Lipinski definition) is 2. The van der Waals surface area contributed by atoms with E-state index >= 15 is 0 Å². The van der Waals surface area contributed by atoms with E-state index in [2.05, 4.69) is 15.6 Å². The van der Waals surface area contributed by atoms with Crippen LogP contribution in [-0.2, 0) is 16.4 Å². The van der Waals surface area contributed by atoms with Gasteiger partial charge in [0.05, 0.1) is 14.8 Å². The van der Waals surface area contributed by atoms with Gasteiger partial charge in [-0.25, -0.2) is 18.2 Å². The molecule has 1 aliphatic rings. The van der Waals surface area contributed by atoms with Crippen LogP contribution in [0.15, 0.2) is 59.6 Å². The number of carbonyl (C=O) groups excluding carboxylic acids is 1. The second-order valence-electron chi connectivity index (χ2n) is 8.17. The number of rotatable bonds is 6. The Hall–Kier alpha value is -2.71. The molecule has 1 aliphatic carbocycles. The van der Waals surface area contributed by atoms with Crippen LogP contribution >= 0.6 is 11.3 Å².